The Hall–Kier alpha value is -1.17. The third kappa shape index (κ3) is 3.83. The molecule has 82 valence electrons. The zero-order valence-electron chi connectivity index (χ0n) is 7.71. The van der Waals surface area contributed by atoms with Gasteiger partial charge in [0.05, 0.1) is 5.02 Å². The van der Waals surface area contributed by atoms with Gasteiger partial charge in [-0.15, -0.1) is 0 Å². The molecule has 1 aromatic rings. The Bertz CT molecular complexity index is 360. The van der Waals surface area contributed by atoms with Crippen LogP contribution in [0.5, 0.6) is 5.75 Å². The first-order chi connectivity index (χ1) is 7.13. The number of rotatable bonds is 3. The highest BCUT2D eigenvalue weighted by Crippen LogP contribution is 2.26. The predicted molar refractivity (Wildman–Crippen MR) is 55.8 cm³/mol. The van der Waals surface area contributed by atoms with E-state index in [-0.39, 0.29) is 10.8 Å². The second-order valence-corrected chi connectivity index (χ2v) is 3.22. The molecule has 0 aliphatic carbocycles. The van der Waals surface area contributed by atoms with Gasteiger partial charge < -0.3 is 9.68 Å². The minimum atomic E-state index is -0.788. The first kappa shape index (κ1) is 11.9. The van der Waals surface area contributed by atoms with E-state index in [1.54, 1.807) is 6.07 Å². The van der Waals surface area contributed by atoms with Crippen molar-refractivity contribution >= 4 is 29.3 Å². The van der Waals surface area contributed by atoms with E-state index in [1.807, 2.05) is 5.48 Å². The molecule has 0 atom stereocenters. The largest absolute Gasteiger partial charge is 0.459 e. The quantitative estimate of drug-likeness (QED) is 0.808. The lowest BCUT2D eigenvalue weighted by atomic mass is 10.3. The van der Waals surface area contributed by atoms with Crippen LogP contribution in [-0.2, 0) is 4.84 Å². The van der Waals surface area contributed by atoms with Gasteiger partial charge in [0.1, 0.15) is 0 Å². The topological polar surface area (TPSA) is 59.6 Å². The van der Waals surface area contributed by atoms with Gasteiger partial charge in [0.25, 0.3) is 0 Å². The molecule has 15 heavy (non-hydrogen) atoms. The smallest absolute Gasteiger partial charge is 0.375 e. The zero-order valence-corrected chi connectivity index (χ0v) is 9.22. The lowest BCUT2D eigenvalue weighted by Crippen LogP contribution is -2.31. The van der Waals surface area contributed by atoms with Crippen molar-refractivity contribution in [2.24, 2.45) is 0 Å². The first-order valence-corrected chi connectivity index (χ1v) is 4.64. The molecule has 7 heteroatoms. The predicted octanol–water partition coefficient (Wildman–Crippen LogP) is 2.15. The van der Waals surface area contributed by atoms with Crippen LogP contribution in [0.25, 0.3) is 0 Å². The average molecular weight is 251 g/mol. The molecule has 0 radical (unpaired) electrons. The van der Waals surface area contributed by atoms with E-state index in [4.69, 9.17) is 28.0 Å². The van der Waals surface area contributed by atoms with Gasteiger partial charge in [0.2, 0.25) is 0 Å². The van der Waals surface area contributed by atoms with Crippen LogP contribution in [0.3, 0.4) is 0 Å². The summed E-state index contributed by atoms with van der Waals surface area (Å²) in [6, 6.07) is 4.59. The SMILES string of the molecule is CNOC(=O)NOc1ccc(Cl)cc1Cl. The van der Waals surface area contributed by atoms with Crippen molar-refractivity contribution in [2.75, 3.05) is 7.05 Å². The monoisotopic (exact) mass is 250 g/mol. The summed E-state index contributed by atoms with van der Waals surface area (Å²) in [4.78, 5) is 20.0. The Morgan fingerprint density at radius 1 is 1.40 bits per heavy atom. The number of hydrogen-bond donors (Lipinski definition) is 2. The summed E-state index contributed by atoms with van der Waals surface area (Å²) in [6.45, 7) is 0. The molecule has 1 aromatic carbocycles. The van der Waals surface area contributed by atoms with Gasteiger partial charge in [-0.2, -0.15) is 11.0 Å². The van der Waals surface area contributed by atoms with Gasteiger partial charge in [-0.05, 0) is 18.2 Å². The van der Waals surface area contributed by atoms with Crippen LogP contribution in [0.15, 0.2) is 18.2 Å². The van der Waals surface area contributed by atoms with E-state index in [1.165, 1.54) is 19.2 Å². The van der Waals surface area contributed by atoms with Crippen molar-refractivity contribution in [3.63, 3.8) is 0 Å². The number of carbonyl (C=O) groups is 1. The van der Waals surface area contributed by atoms with Crippen molar-refractivity contribution < 1.29 is 14.5 Å². The number of carbonyl (C=O) groups excluding carboxylic acids is 1. The minimum absolute atomic E-state index is 0.272. The van der Waals surface area contributed by atoms with Gasteiger partial charge in [0.15, 0.2) is 5.75 Å². The maximum atomic E-state index is 10.8. The Morgan fingerprint density at radius 3 is 2.73 bits per heavy atom. The standard InChI is InChI=1S/C8H8Cl2N2O3/c1-11-15-8(13)12-14-7-3-2-5(9)4-6(7)10/h2-4,11H,1H3,(H,12,13). The number of halogens is 2. The number of benzene rings is 1. The van der Waals surface area contributed by atoms with Crippen LogP contribution >= 0.6 is 23.2 Å². The fourth-order valence-corrected chi connectivity index (χ4v) is 1.22. The van der Waals surface area contributed by atoms with E-state index in [0.29, 0.717) is 5.02 Å². The number of hydrogen-bond acceptors (Lipinski definition) is 4. The van der Waals surface area contributed by atoms with Crippen molar-refractivity contribution in [2.45, 2.75) is 0 Å². The Kier molecular flexibility index (Phi) is 4.48. The van der Waals surface area contributed by atoms with E-state index < -0.39 is 6.09 Å². The van der Waals surface area contributed by atoms with Crippen molar-refractivity contribution in [1.29, 1.82) is 0 Å². The highest BCUT2D eigenvalue weighted by atomic mass is 35.5. The van der Waals surface area contributed by atoms with Gasteiger partial charge in [-0.1, -0.05) is 23.2 Å². The molecular formula is C8H8Cl2N2O3. The Morgan fingerprint density at radius 2 is 2.13 bits per heavy atom. The fraction of sp³-hybridized carbons (Fsp3) is 0.125. The molecule has 0 unspecified atom stereocenters. The molecule has 0 saturated carbocycles. The molecule has 2 N–H and O–H groups in total. The number of nitrogens with one attached hydrogen (secondary N) is 2. The lowest BCUT2D eigenvalue weighted by molar-refractivity contribution is 0.0670. The van der Waals surface area contributed by atoms with E-state index in [9.17, 15) is 4.79 Å². The van der Waals surface area contributed by atoms with Crippen LogP contribution < -0.4 is 15.8 Å². The average Bonchev–Trinajstić information content (AvgIpc) is 2.17. The molecule has 0 heterocycles. The maximum absolute atomic E-state index is 10.8. The molecular weight excluding hydrogens is 243 g/mol. The minimum Gasteiger partial charge on any atom is -0.375 e. The molecule has 5 nitrogen and oxygen atoms in total. The Balaban J connectivity index is 2.54. The summed E-state index contributed by atoms with van der Waals surface area (Å²) in [5.41, 5.74) is 4.19. The molecule has 1 rings (SSSR count). The third-order valence-corrected chi connectivity index (χ3v) is 1.86. The summed E-state index contributed by atoms with van der Waals surface area (Å²) < 4.78 is 0. The normalized spacial score (nSPS) is 9.53. The summed E-state index contributed by atoms with van der Waals surface area (Å²) in [6.07, 6.45) is -0.788. The molecule has 1 amide bonds. The highest BCUT2D eigenvalue weighted by molar-refractivity contribution is 6.35. The molecule has 0 aromatic heterocycles. The summed E-state index contributed by atoms with van der Waals surface area (Å²) in [7, 11) is 1.44. The second kappa shape index (κ2) is 5.65. The Labute approximate surface area is 96.2 Å². The third-order valence-electron chi connectivity index (χ3n) is 1.33. The maximum Gasteiger partial charge on any atom is 0.459 e. The first-order valence-electron chi connectivity index (χ1n) is 3.89. The number of amides is 1. The van der Waals surface area contributed by atoms with Crippen molar-refractivity contribution in [1.82, 2.24) is 11.0 Å². The summed E-state index contributed by atoms with van der Waals surface area (Å²) in [5, 5.41) is 0.761. The van der Waals surface area contributed by atoms with Crippen molar-refractivity contribution in [3.8, 4) is 5.75 Å². The van der Waals surface area contributed by atoms with Crippen LogP contribution in [0, 0.1) is 0 Å². The fourth-order valence-electron chi connectivity index (χ4n) is 0.768. The van der Waals surface area contributed by atoms with Crippen LogP contribution in [-0.4, -0.2) is 13.1 Å². The zero-order chi connectivity index (χ0) is 11.3. The summed E-state index contributed by atoms with van der Waals surface area (Å²) >= 11 is 11.4. The van der Waals surface area contributed by atoms with E-state index in [2.05, 4.69) is 10.3 Å². The number of hydroxylamine groups is 2. The van der Waals surface area contributed by atoms with Gasteiger partial charge in [-0.3, -0.25) is 0 Å². The highest BCUT2D eigenvalue weighted by Gasteiger charge is 2.05. The van der Waals surface area contributed by atoms with Crippen LogP contribution in [0.4, 0.5) is 4.79 Å². The van der Waals surface area contributed by atoms with Crippen LogP contribution in [0.2, 0.25) is 10.0 Å². The lowest BCUT2D eigenvalue weighted by Gasteiger charge is -2.07. The molecule has 0 aliphatic heterocycles. The molecule has 0 fully saturated rings. The second-order valence-electron chi connectivity index (χ2n) is 2.37. The van der Waals surface area contributed by atoms with Gasteiger partial charge >= 0.3 is 6.09 Å². The molecule has 0 saturated heterocycles. The van der Waals surface area contributed by atoms with E-state index >= 15 is 0 Å². The van der Waals surface area contributed by atoms with Crippen LogP contribution in [0.1, 0.15) is 0 Å². The molecule has 0 aliphatic rings. The molecule has 0 bridgehead atoms. The van der Waals surface area contributed by atoms with Gasteiger partial charge in [-0.25, -0.2) is 4.79 Å². The van der Waals surface area contributed by atoms with Gasteiger partial charge in [0, 0.05) is 12.1 Å². The van der Waals surface area contributed by atoms with E-state index in [0.717, 1.165) is 0 Å². The molecule has 0 spiro atoms. The summed E-state index contributed by atoms with van der Waals surface area (Å²) in [5.74, 6) is 0.272. The van der Waals surface area contributed by atoms with Crippen molar-refractivity contribution in [3.05, 3.63) is 28.2 Å².